The Morgan fingerprint density at radius 1 is 1.00 bits per heavy atom. The minimum atomic E-state index is 0.627. The van der Waals surface area contributed by atoms with Crippen LogP contribution in [0.5, 0.6) is 5.75 Å². The highest BCUT2D eigenvalue weighted by Crippen LogP contribution is 2.24. The normalized spacial score (nSPS) is 10.5. The molecule has 0 fully saturated rings. The Balaban J connectivity index is 2.19. The summed E-state index contributed by atoms with van der Waals surface area (Å²) >= 11 is 3.52. The van der Waals surface area contributed by atoms with E-state index in [0.29, 0.717) is 6.61 Å². The van der Waals surface area contributed by atoms with Gasteiger partial charge in [0.25, 0.3) is 0 Å². The van der Waals surface area contributed by atoms with Crippen molar-refractivity contribution in [1.82, 2.24) is 0 Å². The minimum Gasteiger partial charge on any atom is -0.489 e. The fourth-order valence-corrected chi connectivity index (χ4v) is 2.62. The third-order valence-corrected chi connectivity index (χ3v) is 3.98. The molecule has 0 saturated heterocycles. The second-order valence-corrected chi connectivity index (χ2v) is 5.46. The van der Waals surface area contributed by atoms with Crippen LogP contribution < -0.4 is 4.74 Å². The van der Waals surface area contributed by atoms with Gasteiger partial charge in [0.15, 0.2) is 0 Å². The van der Waals surface area contributed by atoms with Gasteiger partial charge in [-0.15, -0.1) is 0 Å². The molecule has 2 aromatic rings. The fourth-order valence-electron chi connectivity index (χ4n) is 2.18. The molecule has 2 heteroatoms. The lowest BCUT2D eigenvalue weighted by Gasteiger charge is -2.14. The van der Waals surface area contributed by atoms with Crippen LogP contribution in [0.3, 0.4) is 0 Å². The Morgan fingerprint density at radius 3 is 2.32 bits per heavy atom. The molecule has 0 N–H and O–H groups in total. The Morgan fingerprint density at radius 2 is 1.68 bits per heavy atom. The van der Waals surface area contributed by atoms with Crippen LogP contribution in [0.1, 0.15) is 27.8 Å². The average Bonchev–Trinajstić information content (AvgIpc) is 2.39. The number of hydrogen-bond acceptors (Lipinski definition) is 1. The van der Waals surface area contributed by atoms with E-state index in [1.807, 2.05) is 0 Å². The van der Waals surface area contributed by atoms with Crippen molar-refractivity contribution in [2.75, 3.05) is 0 Å². The van der Waals surface area contributed by atoms with Gasteiger partial charge in [-0.1, -0.05) is 51.8 Å². The van der Waals surface area contributed by atoms with Crippen LogP contribution in [-0.4, -0.2) is 0 Å². The SMILES string of the molecule is Cc1ccc(OCc2c(C)cccc2C)c(CBr)c1. The van der Waals surface area contributed by atoms with E-state index in [1.165, 1.54) is 27.8 Å². The Labute approximate surface area is 123 Å². The van der Waals surface area contributed by atoms with Gasteiger partial charge in [0.2, 0.25) is 0 Å². The summed E-state index contributed by atoms with van der Waals surface area (Å²) in [7, 11) is 0. The quantitative estimate of drug-likeness (QED) is 0.714. The first kappa shape index (κ1) is 14.1. The van der Waals surface area contributed by atoms with Crippen LogP contribution in [0.4, 0.5) is 0 Å². The van der Waals surface area contributed by atoms with Gasteiger partial charge in [0, 0.05) is 10.9 Å². The van der Waals surface area contributed by atoms with Gasteiger partial charge >= 0.3 is 0 Å². The van der Waals surface area contributed by atoms with E-state index in [4.69, 9.17) is 4.74 Å². The molecule has 0 atom stereocenters. The third-order valence-electron chi connectivity index (χ3n) is 3.38. The zero-order valence-electron chi connectivity index (χ0n) is 11.7. The number of rotatable bonds is 4. The van der Waals surface area contributed by atoms with Crippen LogP contribution in [0.25, 0.3) is 0 Å². The predicted molar refractivity (Wildman–Crippen MR) is 84.1 cm³/mol. The molecule has 0 heterocycles. The molecule has 0 bridgehead atoms. The van der Waals surface area contributed by atoms with Crippen molar-refractivity contribution in [3.63, 3.8) is 0 Å². The summed E-state index contributed by atoms with van der Waals surface area (Å²) in [4.78, 5) is 0. The molecule has 19 heavy (non-hydrogen) atoms. The first-order valence-corrected chi connectivity index (χ1v) is 7.57. The third kappa shape index (κ3) is 3.38. The average molecular weight is 319 g/mol. The first-order chi connectivity index (χ1) is 9.11. The van der Waals surface area contributed by atoms with E-state index < -0.39 is 0 Å². The van der Waals surface area contributed by atoms with Crippen molar-refractivity contribution in [3.05, 3.63) is 64.2 Å². The lowest BCUT2D eigenvalue weighted by Crippen LogP contribution is -2.02. The maximum absolute atomic E-state index is 6.00. The lowest BCUT2D eigenvalue weighted by atomic mass is 10.0. The van der Waals surface area contributed by atoms with Gasteiger partial charge in [-0.3, -0.25) is 0 Å². The number of ether oxygens (including phenoxy) is 1. The minimum absolute atomic E-state index is 0.627. The van der Waals surface area contributed by atoms with E-state index in [1.54, 1.807) is 0 Å². The van der Waals surface area contributed by atoms with E-state index in [0.717, 1.165) is 11.1 Å². The van der Waals surface area contributed by atoms with Crippen LogP contribution >= 0.6 is 15.9 Å². The highest BCUT2D eigenvalue weighted by molar-refractivity contribution is 9.08. The van der Waals surface area contributed by atoms with E-state index in [9.17, 15) is 0 Å². The van der Waals surface area contributed by atoms with Crippen LogP contribution in [0.15, 0.2) is 36.4 Å². The summed E-state index contributed by atoms with van der Waals surface area (Å²) in [6.45, 7) is 6.99. The molecule has 0 aliphatic carbocycles. The van der Waals surface area contributed by atoms with Crippen molar-refractivity contribution in [1.29, 1.82) is 0 Å². The number of halogens is 1. The molecule has 0 saturated carbocycles. The highest BCUT2D eigenvalue weighted by Gasteiger charge is 2.06. The zero-order valence-corrected chi connectivity index (χ0v) is 13.3. The second-order valence-electron chi connectivity index (χ2n) is 4.90. The van der Waals surface area contributed by atoms with Crippen LogP contribution in [0, 0.1) is 20.8 Å². The van der Waals surface area contributed by atoms with Gasteiger partial charge in [-0.25, -0.2) is 0 Å². The van der Waals surface area contributed by atoms with Crippen molar-refractivity contribution in [2.24, 2.45) is 0 Å². The molecule has 0 unspecified atom stereocenters. The van der Waals surface area contributed by atoms with Gasteiger partial charge in [-0.2, -0.15) is 0 Å². The molecule has 0 amide bonds. The molecule has 0 aliphatic heterocycles. The molecule has 100 valence electrons. The van der Waals surface area contributed by atoms with E-state index in [-0.39, 0.29) is 0 Å². The second kappa shape index (κ2) is 6.25. The van der Waals surface area contributed by atoms with Gasteiger partial charge in [0.1, 0.15) is 12.4 Å². The molecular weight excluding hydrogens is 300 g/mol. The molecule has 0 radical (unpaired) electrons. The first-order valence-electron chi connectivity index (χ1n) is 6.45. The Hall–Kier alpha value is -1.28. The number of benzene rings is 2. The molecule has 0 aromatic heterocycles. The largest absolute Gasteiger partial charge is 0.489 e. The highest BCUT2D eigenvalue weighted by atomic mass is 79.9. The van der Waals surface area contributed by atoms with Crippen molar-refractivity contribution < 1.29 is 4.74 Å². The summed E-state index contributed by atoms with van der Waals surface area (Å²) in [5.74, 6) is 0.963. The maximum atomic E-state index is 6.00. The molecule has 2 aromatic carbocycles. The Kier molecular flexibility index (Phi) is 4.65. The monoisotopic (exact) mass is 318 g/mol. The van der Waals surface area contributed by atoms with Crippen LogP contribution in [-0.2, 0) is 11.9 Å². The zero-order chi connectivity index (χ0) is 13.8. The van der Waals surface area contributed by atoms with Gasteiger partial charge in [-0.05, 0) is 43.5 Å². The van der Waals surface area contributed by atoms with E-state index >= 15 is 0 Å². The van der Waals surface area contributed by atoms with Crippen molar-refractivity contribution in [2.45, 2.75) is 32.7 Å². The summed E-state index contributed by atoms with van der Waals surface area (Å²) in [5, 5.41) is 0.816. The summed E-state index contributed by atoms with van der Waals surface area (Å²) < 4.78 is 6.00. The summed E-state index contributed by atoms with van der Waals surface area (Å²) in [6, 6.07) is 12.7. The smallest absolute Gasteiger partial charge is 0.123 e. The number of alkyl halides is 1. The molecule has 0 spiro atoms. The number of aryl methyl sites for hydroxylation is 3. The molecule has 2 rings (SSSR count). The van der Waals surface area contributed by atoms with Crippen molar-refractivity contribution in [3.8, 4) is 5.75 Å². The topological polar surface area (TPSA) is 9.23 Å². The Bertz CT molecular complexity index is 555. The maximum Gasteiger partial charge on any atom is 0.123 e. The summed E-state index contributed by atoms with van der Waals surface area (Å²) in [5.41, 5.74) is 6.31. The predicted octanol–water partition coefficient (Wildman–Crippen LogP) is 5.09. The summed E-state index contributed by atoms with van der Waals surface area (Å²) in [6.07, 6.45) is 0. The van der Waals surface area contributed by atoms with Crippen molar-refractivity contribution >= 4 is 15.9 Å². The molecule has 1 nitrogen and oxygen atoms in total. The standard InChI is InChI=1S/C17H19BrO/c1-12-7-8-17(15(9-12)10-18)19-11-16-13(2)5-4-6-14(16)3/h4-9H,10-11H2,1-3H3. The molecule has 0 aliphatic rings. The van der Waals surface area contributed by atoms with Gasteiger partial charge in [0.05, 0.1) is 0 Å². The van der Waals surface area contributed by atoms with Crippen LogP contribution in [0.2, 0.25) is 0 Å². The fraction of sp³-hybridized carbons (Fsp3) is 0.294. The van der Waals surface area contributed by atoms with E-state index in [2.05, 4.69) is 73.1 Å². The van der Waals surface area contributed by atoms with Gasteiger partial charge < -0.3 is 4.74 Å². The lowest BCUT2D eigenvalue weighted by molar-refractivity contribution is 0.302. The molecular formula is C17H19BrO. The number of hydrogen-bond donors (Lipinski definition) is 0.